The topological polar surface area (TPSA) is 232 Å². The monoisotopic (exact) mass is 652 g/mol. The van der Waals surface area contributed by atoms with E-state index in [2.05, 4.69) is 10.6 Å². The number of fused-ring (bicyclic) bond motifs is 3. The summed E-state index contributed by atoms with van der Waals surface area (Å²) in [5.41, 5.74) is 2.72. The number of phenols is 1. The van der Waals surface area contributed by atoms with Crippen molar-refractivity contribution in [3.05, 3.63) is 68.5 Å². The summed E-state index contributed by atoms with van der Waals surface area (Å²) >= 11 is 5.39. The van der Waals surface area contributed by atoms with Crippen LogP contribution in [0.15, 0.2) is 47.2 Å². The van der Waals surface area contributed by atoms with Gasteiger partial charge in [-0.15, -0.1) is 0 Å². The molecule has 4 unspecified atom stereocenters. The van der Waals surface area contributed by atoms with E-state index >= 15 is 0 Å². The SMILES string of the molecule is CN(C)c1cc(NC(=S)Nc2ccc([N+](=O)[O-])cc2)c(O)c2c1CC1CC3C(N(C)C)C(=O)C(C(N)=O)=C(O)C3(O)C(=O)C1=C2O. The zero-order valence-corrected chi connectivity index (χ0v) is 26.0. The third-order valence-electron chi connectivity index (χ3n) is 8.76. The molecule has 2 aromatic carbocycles. The van der Waals surface area contributed by atoms with Crippen LogP contribution in [0.4, 0.5) is 22.7 Å². The lowest BCUT2D eigenvalue weighted by molar-refractivity contribution is -0.384. The molecule has 0 saturated heterocycles. The van der Waals surface area contributed by atoms with E-state index < -0.39 is 68.7 Å². The van der Waals surface area contributed by atoms with Crippen LogP contribution in [0, 0.1) is 22.0 Å². The van der Waals surface area contributed by atoms with E-state index in [-0.39, 0.29) is 40.5 Å². The number of hydrogen-bond acceptors (Lipinski definition) is 12. The maximum Gasteiger partial charge on any atom is 0.269 e. The number of non-ortho nitro benzene ring substituents is 1. The van der Waals surface area contributed by atoms with Crippen LogP contribution in [0.3, 0.4) is 0 Å². The standard InChI is InChI=1S/C30H32N6O9S/c1-34(2)18-11-17(33-29(46)32-13-5-7-14(8-6-13)36(44)45)23(37)20-15(18)9-12-10-16-22(35(3)4)25(39)21(28(31)42)27(41)30(16,43)26(40)19(12)24(20)38/h5-8,11-12,16,22,37-38,41,43H,9-10H2,1-4H3,(H2,31,42)(H2,32,33,46). The number of nitrogens with two attached hydrogens (primary N) is 1. The predicted molar refractivity (Wildman–Crippen MR) is 172 cm³/mol. The van der Waals surface area contributed by atoms with Gasteiger partial charge in [-0.25, -0.2) is 0 Å². The number of benzene rings is 2. The normalized spacial score (nSPS) is 23.8. The van der Waals surface area contributed by atoms with Crippen LogP contribution in [-0.2, 0) is 20.8 Å². The van der Waals surface area contributed by atoms with Gasteiger partial charge in [0, 0.05) is 49.1 Å². The Kier molecular flexibility index (Phi) is 8.00. The van der Waals surface area contributed by atoms with Crippen molar-refractivity contribution in [3.63, 3.8) is 0 Å². The molecule has 0 heterocycles. The Labute approximate surface area is 267 Å². The summed E-state index contributed by atoms with van der Waals surface area (Å²) in [7, 11) is 6.54. The van der Waals surface area contributed by atoms with Crippen LogP contribution in [0.25, 0.3) is 5.76 Å². The molecule has 0 aliphatic heterocycles. The van der Waals surface area contributed by atoms with Crippen LogP contribution in [0.1, 0.15) is 17.5 Å². The van der Waals surface area contributed by atoms with Crippen molar-refractivity contribution in [1.82, 2.24) is 4.90 Å². The average molecular weight is 653 g/mol. The van der Waals surface area contributed by atoms with E-state index in [4.69, 9.17) is 18.0 Å². The summed E-state index contributed by atoms with van der Waals surface area (Å²) in [6, 6.07) is 5.87. The highest BCUT2D eigenvalue weighted by molar-refractivity contribution is 7.80. The van der Waals surface area contributed by atoms with E-state index in [1.54, 1.807) is 25.1 Å². The Hall–Kier alpha value is -5.06. The van der Waals surface area contributed by atoms with Gasteiger partial charge in [0.2, 0.25) is 5.78 Å². The number of phenolic OH excluding ortho intramolecular Hbond substituents is 1. The Balaban J connectivity index is 1.60. The second-order valence-electron chi connectivity index (χ2n) is 11.9. The molecule has 4 atom stereocenters. The molecule has 0 aromatic heterocycles. The van der Waals surface area contributed by atoms with E-state index in [1.165, 1.54) is 43.3 Å². The first kappa shape index (κ1) is 32.3. The zero-order valence-electron chi connectivity index (χ0n) is 25.2. The molecule has 2 aromatic rings. The van der Waals surface area contributed by atoms with Gasteiger partial charge in [0.15, 0.2) is 16.5 Å². The second-order valence-corrected chi connectivity index (χ2v) is 12.3. The smallest absolute Gasteiger partial charge is 0.269 e. The number of aliphatic hydroxyl groups is 3. The molecule has 3 aliphatic carbocycles. The quantitative estimate of drug-likeness (QED) is 0.0775. The largest absolute Gasteiger partial charge is 0.508 e. The van der Waals surface area contributed by atoms with Crippen LogP contribution < -0.4 is 21.3 Å². The fourth-order valence-electron chi connectivity index (χ4n) is 6.74. The van der Waals surface area contributed by atoms with Crippen LogP contribution in [0.2, 0.25) is 0 Å². The van der Waals surface area contributed by atoms with Crippen molar-refractivity contribution in [1.29, 1.82) is 0 Å². The van der Waals surface area contributed by atoms with E-state index in [0.29, 0.717) is 16.9 Å². The number of likely N-dealkylation sites (N-methyl/N-ethyl adjacent to an activating group) is 1. The molecule has 242 valence electrons. The van der Waals surface area contributed by atoms with Gasteiger partial charge in [-0.2, -0.15) is 0 Å². The highest BCUT2D eigenvalue weighted by atomic mass is 32.1. The number of anilines is 3. The van der Waals surface area contributed by atoms with Gasteiger partial charge in [0.1, 0.15) is 22.8 Å². The number of nitro benzene ring substituents is 1. The van der Waals surface area contributed by atoms with E-state index in [0.717, 1.165) is 0 Å². The number of hydrogen-bond donors (Lipinski definition) is 7. The van der Waals surface area contributed by atoms with Gasteiger partial charge in [-0.3, -0.25) is 29.4 Å². The van der Waals surface area contributed by atoms with Gasteiger partial charge in [0.05, 0.1) is 22.2 Å². The first-order valence-corrected chi connectivity index (χ1v) is 14.4. The lowest BCUT2D eigenvalue weighted by Gasteiger charge is -2.50. The highest BCUT2D eigenvalue weighted by Gasteiger charge is 2.64. The number of aliphatic hydroxyl groups excluding tert-OH is 2. The van der Waals surface area contributed by atoms with Gasteiger partial charge < -0.3 is 41.7 Å². The minimum atomic E-state index is -2.75. The number of rotatable bonds is 6. The number of primary amides is 1. The summed E-state index contributed by atoms with van der Waals surface area (Å²) < 4.78 is 0. The van der Waals surface area contributed by atoms with E-state index in [1.807, 2.05) is 0 Å². The Morgan fingerprint density at radius 2 is 1.74 bits per heavy atom. The number of carbonyl (C=O) groups excluding carboxylic acids is 3. The van der Waals surface area contributed by atoms with Gasteiger partial charge in [0.25, 0.3) is 11.6 Å². The molecule has 3 aliphatic rings. The van der Waals surface area contributed by atoms with Crippen LogP contribution in [-0.4, -0.2) is 92.7 Å². The van der Waals surface area contributed by atoms with Crippen molar-refractivity contribution < 1.29 is 39.7 Å². The number of nitro groups is 1. The highest BCUT2D eigenvalue weighted by Crippen LogP contribution is 2.54. The third kappa shape index (κ3) is 4.90. The first-order valence-electron chi connectivity index (χ1n) is 14.0. The minimum Gasteiger partial charge on any atom is -0.508 e. The molecule has 15 nitrogen and oxygen atoms in total. The predicted octanol–water partition coefficient (Wildman–Crippen LogP) is 1.75. The number of thiocarbonyl (C=S) groups is 1. The van der Waals surface area contributed by atoms with Gasteiger partial charge in [-0.05, 0) is 68.8 Å². The second kappa shape index (κ2) is 11.4. The number of nitrogens with one attached hydrogen (secondary N) is 2. The molecule has 5 rings (SSSR count). The molecular formula is C30H32N6O9S. The minimum absolute atomic E-state index is 0.00354. The average Bonchev–Trinajstić information content (AvgIpc) is 2.96. The summed E-state index contributed by atoms with van der Waals surface area (Å²) in [4.78, 5) is 53.2. The van der Waals surface area contributed by atoms with Crippen molar-refractivity contribution >= 4 is 63.3 Å². The summed E-state index contributed by atoms with van der Waals surface area (Å²) in [6.07, 6.45) is 0.0734. The number of ketones is 2. The van der Waals surface area contributed by atoms with Gasteiger partial charge in [-0.1, -0.05) is 0 Å². The molecule has 1 fully saturated rings. The van der Waals surface area contributed by atoms with Crippen molar-refractivity contribution in [3.8, 4) is 5.75 Å². The third-order valence-corrected chi connectivity index (χ3v) is 8.97. The maximum atomic E-state index is 14.1. The lowest BCUT2D eigenvalue weighted by atomic mass is 9.57. The molecular weight excluding hydrogens is 620 g/mol. The van der Waals surface area contributed by atoms with Crippen molar-refractivity contribution in [2.45, 2.75) is 24.5 Å². The van der Waals surface area contributed by atoms with Crippen LogP contribution >= 0.6 is 12.2 Å². The molecule has 0 bridgehead atoms. The lowest BCUT2D eigenvalue weighted by Crippen LogP contribution is -2.65. The number of aromatic hydroxyl groups is 1. The molecule has 0 radical (unpaired) electrons. The number of amides is 1. The summed E-state index contributed by atoms with van der Waals surface area (Å²) in [5.74, 6) is -7.46. The molecule has 0 spiro atoms. The molecule has 1 amide bonds. The van der Waals surface area contributed by atoms with E-state index in [9.17, 15) is 44.9 Å². The van der Waals surface area contributed by atoms with Crippen molar-refractivity contribution in [2.75, 3.05) is 43.7 Å². The fourth-order valence-corrected chi connectivity index (χ4v) is 6.97. The molecule has 1 saturated carbocycles. The first-order chi connectivity index (χ1) is 21.5. The fraction of sp³-hybridized carbons (Fsp3) is 0.333. The Morgan fingerprint density at radius 3 is 2.28 bits per heavy atom. The maximum absolute atomic E-state index is 14.1. The van der Waals surface area contributed by atoms with Crippen molar-refractivity contribution in [2.24, 2.45) is 17.6 Å². The van der Waals surface area contributed by atoms with Gasteiger partial charge >= 0.3 is 0 Å². The Bertz CT molecular complexity index is 1790. The Morgan fingerprint density at radius 1 is 1.11 bits per heavy atom. The summed E-state index contributed by atoms with van der Waals surface area (Å²) in [5, 5.41) is 62.6. The van der Waals surface area contributed by atoms with Crippen LogP contribution in [0.5, 0.6) is 5.75 Å². The molecule has 16 heteroatoms. The number of nitrogens with zero attached hydrogens (tertiary/aromatic N) is 3. The molecule has 46 heavy (non-hydrogen) atoms. The number of Topliss-reactive ketones (excluding diaryl/α,β-unsaturated/α-hetero) is 2. The molecule has 8 N–H and O–H groups in total. The number of carbonyl (C=O) groups is 3. The summed E-state index contributed by atoms with van der Waals surface area (Å²) in [6.45, 7) is 0. The zero-order chi connectivity index (χ0) is 34.0.